The number of hydrogen-bond acceptors (Lipinski definition) is 1. The van der Waals surface area contributed by atoms with Gasteiger partial charge >= 0.3 is 0 Å². The Morgan fingerprint density at radius 3 is 1.63 bits per heavy atom. The van der Waals surface area contributed by atoms with Gasteiger partial charge in [0.2, 0.25) is 0 Å². The van der Waals surface area contributed by atoms with Crippen molar-refractivity contribution in [3.63, 3.8) is 0 Å². The predicted octanol–water partition coefficient (Wildman–Crippen LogP) is 6.23. The van der Waals surface area contributed by atoms with Gasteiger partial charge in [0.25, 0.3) is 0 Å². The van der Waals surface area contributed by atoms with E-state index in [2.05, 4.69) is 114 Å². The Hall–Kier alpha value is -2.24. The second-order valence-corrected chi connectivity index (χ2v) is 10.5. The van der Waals surface area contributed by atoms with Crippen LogP contribution in [0.15, 0.2) is 77.8 Å². The van der Waals surface area contributed by atoms with E-state index in [-0.39, 0.29) is 5.16 Å². The third-order valence-corrected chi connectivity index (χ3v) is 7.65. The Labute approximate surface area is 164 Å². The quantitative estimate of drug-likeness (QED) is 0.371. The number of aryl methyl sites for hydroxylation is 3. The molecule has 2 heteroatoms. The van der Waals surface area contributed by atoms with Crippen LogP contribution in [0.5, 0.6) is 0 Å². The van der Waals surface area contributed by atoms with E-state index in [0.717, 1.165) is 5.69 Å². The highest BCUT2D eigenvalue weighted by atomic mass is 31.1. The van der Waals surface area contributed by atoms with E-state index in [9.17, 15) is 0 Å². The van der Waals surface area contributed by atoms with Gasteiger partial charge in [0.05, 0.1) is 5.69 Å². The van der Waals surface area contributed by atoms with Crippen LogP contribution in [0, 0.1) is 20.8 Å². The van der Waals surface area contributed by atoms with Crippen LogP contribution >= 0.6 is 7.92 Å². The van der Waals surface area contributed by atoms with Crippen LogP contribution in [0.3, 0.4) is 0 Å². The highest BCUT2D eigenvalue weighted by Crippen LogP contribution is 2.47. The molecule has 0 atom stereocenters. The minimum Gasteiger partial charge on any atom is -0.260 e. The molecular weight excluding hydrogens is 345 g/mol. The van der Waals surface area contributed by atoms with Crippen LogP contribution in [0.25, 0.3) is 0 Å². The third kappa shape index (κ3) is 4.54. The average molecular weight is 373 g/mol. The molecule has 3 aromatic carbocycles. The molecule has 27 heavy (non-hydrogen) atoms. The van der Waals surface area contributed by atoms with E-state index < -0.39 is 7.92 Å². The first-order valence-electron chi connectivity index (χ1n) is 9.42. The van der Waals surface area contributed by atoms with Crippen LogP contribution in [0.1, 0.15) is 30.5 Å². The molecule has 138 valence electrons. The molecule has 0 fully saturated rings. The first kappa shape index (κ1) is 19.5. The first-order chi connectivity index (χ1) is 12.9. The molecule has 0 spiro atoms. The van der Waals surface area contributed by atoms with Gasteiger partial charge in [0, 0.05) is 11.4 Å². The van der Waals surface area contributed by atoms with E-state index in [4.69, 9.17) is 4.99 Å². The fourth-order valence-electron chi connectivity index (χ4n) is 3.62. The van der Waals surface area contributed by atoms with Gasteiger partial charge in [-0.3, -0.25) is 4.99 Å². The number of aliphatic imine (C=N–C) groups is 1. The zero-order chi connectivity index (χ0) is 19.4. The standard InChI is InChI=1S/C25H28NP/c1-19-16-20(2)24(21(3)17-19)26-18-25(4,5)27(22-12-8-6-9-13-22)23-14-10-7-11-15-23/h6-18H,1-5H3. The van der Waals surface area contributed by atoms with Gasteiger partial charge in [-0.15, -0.1) is 0 Å². The predicted molar refractivity (Wildman–Crippen MR) is 122 cm³/mol. The van der Waals surface area contributed by atoms with Crippen molar-refractivity contribution in [3.05, 3.63) is 89.5 Å². The molecule has 0 heterocycles. The number of hydrogen-bond donors (Lipinski definition) is 0. The number of nitrogens with zero attached hydrogens (tertiary/aromatic N) is 1. The lowest BCUT2D eigenvalue weighted by Crippen LogP contribution is -2.30. The zero-order valence-corrected chi connectivity index (χ0v) is 17.8. The summed E-state index contributed by atoms with van der Waals surface area (Å²) in [5.41, 5.74) is 4.87. The Morgan fingerprint density at radius 1 is 0.741 bits per heavy atom. The Kier molecular flexibility index (Phi) is 5.92. The molecule has 0 N–H and O–H groups in total. The summed E-state index contributed by atoms with van der Waals surface area (Å²) in [4.78, 5) is 4.98. The lowest BCUT2D eigenvalue weighted by Gasteiger charge is -2.32. The molecule has 0 aliphatic carbocycles. The number of rotatable bonds is 5. The third-order valence-electron chi connectivity index (χ3n) is 4.75. The summed E-state index contributed by atoms with van der Waals surface area (Å²) in [6.07, 6.45) is 2.17. The maximum atomic E-state index is 4.98. The Bertz CT molecular complexity index is 865. The van der Waals surface area contributed by atoms with Crippen molar-refractivity contribution in [1.29, 1.82) is 0 Å². The molecule has 0 bridgehead atoms. The van der Waals surface area contributed by atoms with Gasteiger partial charge in [0.1, 0.15) is 0 Å². The lowest BCUT2D eigenvalue weighted by atomic mass is 10.1. The van der Waals surface area contributed by atoms with Crippen molar-refractivity contribution in [1.82, 2.24) is 0 Å². The number of benzene rings is 3. The molecule has 0 saturated heterocycles. The zero-order valence-electron chi connectivity index (χ0n) is 16.9. The molecule has 0 amide bonds. The molecule has 3 aromatic rings. The van der Waals surface area contributed by atoms with Gasteiger partial charge in [-0.1, -0.05) is 92.2 Å². The van der Waals surface area contributed by atoms with E-state index in [1.165, 1.54) is 27.3 Å². The van der Waals surface area contributed by atoms with Crippen LogP contribution in [0.4, 0.5) is 5.69 Å². The van der Waals surface area contributed by atoms with Crippen molar-refractivity contribution in [2.75, 3.05) is 0 Å². The summed E-state index contributed by atoms with van der Waals surface area (Å²) in [6.45, 7) is 11.1. The maximum absolute atomic E-state index is 4.98. The van der Waals surface area contributed by atoms with Crippen molar-refractivity contribution in [2.45, 2.75) is 39.8 Å². The lowest BCUT2D eigenvalue weighted by molar-refractivity contribution is 0.960. The van der Waals surface area contributed by atoms with E-state index in [0.29, 0.717) is 0 Å². The first-order valence-corrected chi connectivity index (χ1v) is 10.8. The fraction of sp³-hybridized carbons (Fsp3) is 0.240. The topological polar surface area (TPSA) is 12.4 Å². The van der Waals surface area contributed by atoms with E-state index >= 15 is 0 Å². The molecule has 0 saturated carbocycles. The summed E-state index contributed by atoms with van der Waals surface area (Å²) in [5.74, 6) is 0. The molecule has 3 rings (SSSR count). The van der Waals surface area contributed by atoms with Crippen LogP contribution in [-0.2, 0) is 0 Å². The second kappa shape index (κ2) is 8.19. The van der Waals surface area contributed by atoms with Crippen molar-refractivity contribution in [3.8, 4) is 0 Å². The van der Waals surface area contributed by atoms with Crippen LogP contribution in [-0.4, -0.2) is 11.4 Å². The highest BCUT2D eigenvalue weighted by Gasteiger charge is 2.30. The summed E-state index contributed by atoms with van der Waals surface area (Å²) >= 11 is 0. The molecule has 0 aromatic heterocycles. The molecule has 0 radical (unpaired) electrons. The second-order valence-electron chi connectivity index (χ2n) is 7.67. The monoisotopic (exact) mass is 373 g/mol. The van der Waals surface area contributed by atoms with Gasteiger partial charge in [0.15, 0.2) is 0 Å². The fourth-order valence-corrected chi connectivity index (χ4v) is 6.37. The van der Waals surface area contributed by atoms with Crippen molar-refractivity contribution in [2.24, 2.45) is 4.99 Å². The van der Waals surface area contributed by atoms with Gasteiger partial charge < -0.3 is 0 Å². The summed E-state index contributed by atoms with van der Waals surface area (Å²) in [6, 6.07) is 26.1. The van der Waals surface area contributed by atoms with Gasteiger partial charge in [-0.05, 0) is 50.4 Å². The summed E-state index contributed by atoms with van der Waals surface area (Å²) in [7, 11) is -0.565. The smallest absolute Gasteiger partial charge is 0.0684 e. The summed E-state index contributed by atoms with van der Waals surface area (Å²) < 4.78 is 0. The van der Waals surface area contributed by atoms with Gasteiger partial charge in [-0.25, -0.2) is 0 Å². The largest absolute Gasteiger partial charge is 0.260 e. The minimum atomic E-state index is -0.565. The normalized spacial score (nSPS) is 12.1. The van der Waals surface area contributed by atoms with E-state index in [1.807, 2.05) is 0 Å². The van der Waals surface area contributed by atoms with Crippen LogP contribution in [0.2, 0.25) is 0 Å². The van der Waals surface area contributed by atoms with Gasteiger partial charge in [-0.2, -0.15) is 0 Å². The molecule has 0 unspecified atom stereocenters. The summed E-state index contributed by atoms with van der Waals surface area (Å²) in [5, 5.41) is 2.70. The molecule has 1 nitrogen and oxygen atoms in total. The van der Waals surface area contributed by atoms with Crippen molar-refractivity contribution < 1.29 is 0 Å². The SMILES string of the molecule is Cc1cc(C)c(N=CC(C)(C)P(c2ccccc2)c2ccccc2)c(C)c1. The van der Waals surface area contributed by atoms with Crippen LogP contribution < -0.4 is 10.6 Å². The molecular formula is C25H28NP. The van der Waals surface area contributed by atoms with E-state index in [1.54, 1.807) is 0 Å². The highest BCUT2D eigenvalue weighted by molar-refractivity contribution is 7.75. The molecule has 0 aliphatic heterocycles. The average Bonchev–Trinajstić information content (AvgIpc) is 2.62. The van der Waals surface area contributed by atoms with Crippen molar-refractivity contribution >= 4 is 30.4 Å². The molecule has 0 aliphatic rings. The maximum Gasteiger partial charge on any atom is 0.0684 e. The Morgan fingerprint density at radius 2 is 1.19 bits per heavy atom. The Balaban J connectivity index is 2.04. The minimum absolute atomic E-state index is 0.0677.